The molecule has 0 atom stereocenters. The second-order valence-corrected chi connectivity index (χ2v) is 3.43. The van der Waals surface area contributed by atoms with Gasteiger partial charge in [0.2, 0.25) is 11.8 Å². The minimum absolute atomic E-state index is 0.00722. The van der Waals surface area contributed by atoms with E-state index in [0.717, 1.165) is 12.1 Å². The first-order chi connectivity index (χ1) is 9.13. The largest absolute Gasteiger partial charge is 0.492 e. The summed E-state index contributed by atoms with van der Waals surface area (Å²) in [5, 5.41) is 22.0. The van der Waals surface area contributed by atoms with Crippen LogP contribution in [-0.2, 0) is 0 Å². The van der Waals surface area contributed by atoms with Crippen LogP contribution in [0.4, 0.5) is 5.69 Å². The minimum Gasteiger partial charge on any atom is -0.492 e. The number of rotatable bonds is 3. The summed E-state index contributed by atoms with van der Waals surface area (Å²) in [6.45, 7) is 0. The maximum absolute atomic E-state index is 11.9. The smallest absolute Gasteiger partial charge is 0.364 e. The molecule has 19 heavy (non-hydrogen) atoms. The molecule has 8 heteroatoms. The lowest BCUT2D eigenvalue weighted by atomic mass is 10.2. The van der Waals surface area contributed by atoms with E-state index in [0.29, 0.717) is 4.73 Å². The molecule has 0 bridgehead atoms. The fourth-order valence-corrected chi connectivity index (χ4v) is 1.41. The van der Waals surface area contributed by atoms with Crippen molar-refractivity contribution in [3.8, 4) is 11.8 Å². The van der Waals surface area contributed by atoms with Gasteiger partial charge in [0.1, 0.15) is 0 Å². The fraction of sp³-hybridized carbons (Fsp3) is 0. The van der Waals surface area contributed by atoms with E-state index in [1.165, 1.54) is 12.1 Å². The standard InChI is InChI=1S/C11H8N4O4/c12-14-13-8-4-2-1-3-7(8)11(18)19-15-9(16)5-6-10(15)17/h1-6,16-17H. The number of hydrogen-bond donors (Lipinski definition) is 2. The summed E-state index contributed by atoms with van der Waals surface area (Å²) in [7, 11) is 0. The summed E-state index contributed by atoms with van der Waals surface area (Å²) >= 11 is 0. The number of nitrogens with zero attached hydrogens (tertiary/aromatic N) is 4. The van der Waals surface area contributed by atoms with Crippen molar-refractivity contribution in [3.63, 3.8) is 0 Å². The van der Waals surface area contributed by atoms with Crippen molar-refractivity contribution in [2.45, 2.75) is 0 Å². The third-order valence-electron chi connectivity index (χ3n) is 2.25. The van der Waals surface area contributed by atoms with Crippen LogP contribution in [-0.4, -0.2) is 20.9 Å². The molecule has 8 nitrogen and oxygen atoms in total. The molecule has 0 aliphatic heterocycles. The van der Waals surface area contributed by atoms with Crippen LogP contribution in [0.3, 0.4) is 0 Å². The maximum Gasteiger partial charge on any atom is 0.364 e. The predicted octanol–water partition coefficient (Wildman–Crippen LogP) is 2.11. The average Bonchev–Trinajstić information content (AvgIpc) is 2.71. The van der Waals surface area contributed by atoms with Gasteiger partial charge in [-0.15, -0.1) is 4.73 Å². The molecular formula is C11H8N4O4. The Kier molecular flexibility index (Phi) is 3.26. The summed E-state index contributed by atoms with van der Waals surface area (Å²) in [5.74, 6) is -1.76. The topological polar surface area (TPSA) is 120 Å². The van der Waals surface area contributed by atoms with E-state index in [1.807, 2.05) is 0 Å². The average molecular weight is 260 g/mol. The van der Waals surface area contributed by atoms with Crippen LogP contribution >= 0.6 is 0 Å². The zero-order chi connectivity index (χ0) is 13.8. The van der Waals surface area contributed by atoms with Gasteiger partial charge < -0.3 is 15.1 Å². The zero-order valence-corrected chi connectivity index (χ0v) is 9.46. The van der Waals surface area contributed by atoms with Gasteiger partial charge in [-0.1, -0.05) is 23.3 Å². The van der Waals surface area contributed by atoms with Crippen molar-refractivity contribution < 1.29 is 19.8 Å². The highest BCUT2D eigenvalue weighted by Gasteiger charge is 2.16. The van der Waals surface area contributed by atoms with E-state index in [1.54, 1.807) is 12.1 Å². The molecule has 0 fully saturated rings. The third kappa shape index (κ3) is 2.43. The quantitative estimate of drug-likeness (QED) is 0.498. The van der Waals surface area contributed by atoms with Crippen LogP contribution in [0, 0.1) is 0 Å². The number of aromatic nitrogens is 1. The second-order valence-electron chi connectivity index (χ2n) is 3.43. The van der Waals surface area contributed by atoms with E-state index < -0.39 is 17.7 Å². The number of azide groups is 1. The molecule has 0 unspecified atom stereocenters. The molecule has 2 rings (SSSR count). The van der Waals surface area contributed by atoms with Gasteiger partial charge in [0.05, 0.1) is 11.3 Å². The molecule has 0 aliphatic rings. The molecule has 1 heterocycles. The molecule has 96 valence electrons. The van der Waals surface area contributed by atoms with E-state index >= 15 is 0 Å². The van der Waals surface area contributed by atoms with Crippen molar-refractivity contribution in [1.29, 1.82) is 0 Å². The van der Waals surface area contributed by atoms with E-state index in [-0.39, 0.29) is 11.3 Å². The lowest BCUT2D eigenvalue weighted by molar-refractivity contribution is 0.0382. The highest BCUT2D eigenvalue weighted by Crippen LogP contribution is 2.22. The molecule has 2 N–H and O–H groups in total. The molecule has 2 aromatic rings. The van der Waals surface area contributed by atoms with Crippen LogP contribution in [0.25, 0.3) is 10.4 Å². The van der Waals surface area contributed by atoms with Crippen LogP contribution in [0.15, 0.2) is 41.5 Å². The van der Waals surface area contributed by atoms with Crippen molar-refractivity contribution >= 4 is 11.7 Å². The molecule has 0 spiro atoms. The van der Waals surface area contributed by atoms with E-state index in [2.05, 4.69) is 10.0 Å². The Balaban J connectivity index is 2.33. The van der Waals surface area contributed by atoms with Crippen LogP contribution in [0.5, 0.6) is 11.8 Å². The van der Waals surface area contributed by atoms with Gasteiger partial charge in [0.25, 0.3) is 0 Å². The van der Waals surface area contributed by atoms with Crippen LogP contribution < -0.4 is 4.84 Å². The fourth-order valence-electron chi connectivity index (χ4n) is 1.41. The van der Waals surface area contributed by atoms with Crippen molar-refractivity contribution in [2.75, 3.05) is 0 Å². The summed E-state index contributed by atoms with van der Waals surface area (Å²) in [4.78, 5) is 19.2. The molecule has 0 saturated heterocycles. The zero-order valence-electron chi connectivity index (χ0n) is 9.46. The molecule has 0 aliphatic carbocycles. The van der Waals surface area contributed by atoms with Gasteiger partial charge in [-0.2, -0.15) is 0 Å². The van der Waals surface area contributed by atoms with Gasteiger partial charge >= 0.3 is 5.97 Å². The summed E-state index contributed by atoms with van der Waals surface area (Å²) < 4.78 is 0.551. The van der Waals surface area contributed by atoms with Gasteiger partial charge in [0.15, 0.2) is 0 Å². The second kappa shape index (κ2) is 5.03. The van der Waals surface area contributed by atoms with E-state index in [9.17, 15) is 15.0 Å². The first-order valence-electron chi connectivity index (χ1n) is 5.10. The third-order valence-corrected chi connectivity index (χ3v) is 2.25. The Hall–Kier alpha value is -3.12. The van der Waals surface area contributed by atoms with Crippen molar-refractivity contribution in [3.05, 3.63) is 52.4 Å². The lowest BCUT2D eigenvalue weighted by Gasteiger charge is -2.08. The molecular weight excluding hydrogens is 252 g/mol. The molecule has 1 aromatic heterocycles. The highest BCUT2D eigenvalue weighted by molar-refractivity contribution is 5.95. The van der Waals surface area contributed by atoms with Gasteiger partial charge in [-0.3, -0.25) is 0 Å². The van der Waals surface area contributed by atoms with Gasteiger partial charge in [0, 0.05) is 17.0 Å². The first kappa shape index (κ1) is 12.3. The normalized spacial score (nSPS) is 9.68. The van der Waals surface area contributed by atoms with Crippen molar-refractivity contribution in [2.24, 2.45) is 5.11 Å². The Labute approximate surface area is 106 Å². The Morgan fingerprint density at radius 2 is 1.84 bits per heavy atom. The minimum atomic E-state index is -0.884. The number of hydrogen-bond acceptors (Lipinski definition) is 5. The predicted molar refractivity (Wildman–Crippen MR) is 63.9 cm³/mol. The van der Waals surface area contributed by atoms with E-state index in [4.69, 9.17) is 10.4 Å². The van der Waals surface area contributed by atoms with Gasteiger partial charge in [-0.05, 0) is 11.6 Å². The number of carbonyl (C=O) groups excluding carboxylic acids is 1. The van der Waals surface area contributed by atoms with Crippen LogP contribution in [0.1, 0.15) is 10.4 Å². The Bertz CT molecular complexity index is 654. The van der Waals surface area contributed by atoms with Crippen LogP contribution in [0.2, 0.25) is 0 Å². The lowest BCUT2D eigenvalue weighted by Crippen LogP contribution is -2.19. The highest BCUT2D eigenvalue weighted by atomic mass is 16.7. The maximum atomic E-state index is 11.9. The molecule has 1 aromatic carbocycles. The van der Waals surface area contributed by atoms with Crippen molar-refractivity contribution in [1.82, 2.24) is 4.73 Å². The number of aromatic hydroxyl groups is 2. The molecule has 0 radical (unpaired) electrons. The first-order valence-corrected chi connectivity index (χ1v) is 5.10. The summed E-state index contributed by atoms with van der Waals surface area (Å²) in [6.07, 6.45) is 0. The molecule has 0 saturated carbocycles. The SMILES string of the molecule is [N-]=[N+]=Nc1ccccc1C(=O)On1c(O)ccc1O. The monoisotopic (exact) mass is 260 g/mol. The summed E-state index contributed by atoms with van der Waals surface area (Å²) in [6, 6.07) is 8.29. The number of carbonyl (C=O) groups is 1. The van der Waals surface area contributed by atoms with Gasteiger partial charge in [-0.25, -0.2) is 4.79 Å². The molecule has 0 amide bonds. The Morgan fingerprint density at radius 1 is 1.21 bits per heavy atom. The summed E-state index contributed by atoms with van der Waals surface area (Å²) in [5.41, 5.74) is 8.48. The Morgan fingerprint density at radius 3 is 2.47 bits per heavy atom. The number of benzene rings is 1.